The fourth-order valence-electron chi connectivity index (χ4n) is 5.93. The van der Waals surface area contributed by atoms with Gasteiger partial charge >= 0.3 is 0 Å². The zero-order valence-electron chi connectivity index (χ0n) is 18.4. The molecule has 3 fully saturated rings. The molecule has 0 radical (unpaired) electrons. The zero-order chi connectivity index (χ0) is 21.3. The molecule has 1 aromatic carbocycles. The van der Waals surface area contributed by atoms with Crippen LogP contribution >= 0.6 is 0 Å². The van der Waals surface area contributed by atoms with Crippen molar-refractivity contribution in [2.75, 3.05) is 13.1 Å². The summed E-state index contributed by atoms with van der Waals surface area (Å²) in [7, 11) is 0. The van der Waals surface area contributed by atoms with E-state index in [0.29, 0.717) is 55.0 Å². The fraction of sp³-hybridized carbons (Fsp3) is 0.680. The van der Waals surface area contributed by atoms with Crippen molar-refractivity contribution in [1.82, 2.24) is 9.80 Å². The fourth-order valence-corrected chi connectivity index (χ4v) is 5.93. The number of phenolic OH excluding ortho intramolecular Hbond substituents is 1. The minimum atomic E-state index is 0.232. The minimum Gasteiger partial charge on any atom is -0.508 e. The molecule has 30 heavy (non-hydrogen) atoms. The van der Waals surface area contributed by atoms with E-state index in [4.69, 9.17) is 0 Å². The quantitative estimate of drug-likeness (QED) is 0.769. The van der Waals surface area contributed by atoms with E-state index in [1.54, 1.807) is 12.1 Å². The highest BCUT2D eigenvalue weighted by Crippen LogP contribution is 2.43. The third kappa shape index (κ3) is 4.50. The van der Waals surface area contributed by atoms with Gasteiger partial charge in [-0.2, -0.15) is 0 Å². The summed E-state index contributed by atoms with van der Waals surface area (Å²) in [6.45, 7) is 6.10. The van der Waals surface area contributed by atoms with Crippen molar-refractivity contribution in [2.45, 2.75) is 77.3 Å². The van der Waals surface area contributed by atoms with Gasteiger partial charge in [-0.05, 0) is 74.0 Å². The number of benzene rings is 1. The number of carbonyl (C=O) groups is 2. The molecular formula is C25H36N2O3. The third-order valence-corrected chi connectivity index (χ3v) is 7.45. The van der Waals surface area contributed by atoms with Crippen molar-refractivity contribution in [2.24, 2.45) is 17.8 Å². The summed E-state index contributed by atoms with van der Waals surface area (Å²) in [5, 5.41) is 9.44. The van der Waals surface area contributed by atoms with Gasteiger partial charge in [0.15, 0.2) is 0 Å². The van der Waals surface area contributed by atoms with Crippen molar-refractivity contribution >= 4 is 11.8 Å². The number of hydrogen-bond donors (Lipinski definition) is 1. The molecule has 1 N–H and O–H groups in total. The number of carbonyl (C=O) groups excluding carboxylic acids is 2. The van der Waals surface area contributed by atoms with Crippen LogP contribution in [-0.2, 0) is 16.0 Å². The Balaban J connectivity index is 1.44. The molecule has 3 aliphatic heterocycles. The topological polar surface area (TPSA) is 60.9 Å². The molecule has 4 atom stereocenters. The maximum Gasteiger partial charge on any atom is 0.223 e. The van der Waals surface area contributed by atoms with E-state index in [-0.39, 0.29) is 11.7 Å². The Kier molecular flexibility index (Phi) is 6.35. The van der Waals surface area contributed by atoms with E-state index >= 15 is 0 Å². The summed E-state index contributed by atoms with van der Waals surface area (Å²) < 4.78 is 0. The largest absolute Gasteiger partial charge is 0.508 e. The Morgan fingerprint density at radius 3 is 2.63 bits per heavy atom. The Hall–Kier alpha value is -2.04. The number of fused-ring (bicyclic) bond motifs is 4. The van der Waals surface area contributed by atoms with E-state index in [1.807, 2.05) is 12.1 Å². The lowest BCUT2D eigenvalue weighted by Gasteiger charge is -2.57. The second kappa shape index (κ2) is 8.99. The lowest BCUT2D eigenvalue weighted by Crippen LogP contribution is -2.65. The standard InChI is InChI=1S/C25H36N2O3/c1-17(2)6-12-23-20-14-19(22-4-3-5-25(30)27(22)23)15-26(16-20)24(29)13-9-18-7-10-21(28)11-8-18/h7-8,10-11,17,19-20,22-23,28H,3-6,9,12-16H2,1-2H3/t19-,20+,22+,23+/m1/s1. The monoisotopic (exact) mass is 412 g/mol. The summed E-state index contributed by atoms with van der Waals surface area (Å²) in [6.07, 6.45) is 7.36. The van der Waals surface area contributed by atoms with Gasteiger partial charge in [0.25, 0.3) is 0 Å². The number of aryl methyl sites for hydroxylation is 1. The summed E-state index contributed by atoms with van der Waals surface area (Å²) in [6, 6.07) is 7.77. The second-order valence-electron chi connectivity index (χ2n) is 10.0. The first kappa shape index (κ1) is 21.2. The van der Waals surface area contributed by atoms with E-state index in [9.17, 15) is 14.7 Å². The summed E-state index contributed by atoms with van der Waals surface area (Å²) >= 11 is 0. The first-order valence-electron chi connectivity index (χ1n) is 11.8. The Labute approximate surface area is 180 Å². The predicted molar refractivity (Wildman–Crippen MR) is 117 cm³/mol. The van der Waals surface area contributed by atoms with Crippen LogP contribution in [-0.4, -0.2) is 51.9 Å². The molecule has 0 unspecified atom stereocenters. The highest BCUT2D eigenvalue weighted by molar-refractivity contribution is 5.79. The molecule has 3 saturated heterocycles. The Bertz CT molecular complexity index is 760. The molecule has 0 aliphatic carbocycles. The molecule has 0 aromatic heterocycles. The molecule has 2 amide bonds. The summed E-state index contributed by atoms with van der Waals surface area (Å²) in [5.74, 6) is 2.32. The number of rotatable bonds is 6. The van der Waals surface area contributed by atoms with Crippen LogP contribution in [0.1, 0.15) is 64.4 Å². The number of piperidine rings is 3. The number of hydrogen-bond acceptors (Lipinski definition) is 3. The van der Waals surface area contributed by atoms with Crippen LogP contribution in [0.15, 0.2) is 24.3 Å². The number of amides is 2. The Morgan fingerprint density at radius 1 is 1.17 bits per heavy atom. The highest BCUT2D eigenvalue weighted by Gasteiger charge is 2.49. The lowest BCUT2D eigenvalue weighted by molar-refractivity contribution is -0.156. The normalized spacial score (nSPS) is 28.6. The van der Waals surface area contributed by atoms with Crippen molar-refractivity contribution in [3.05, 3.63) is 29.8 Å². The van der Waals surface area contributed by atoms with Gasteiger partial charge < -0.3 is 14.9 Å². The van der Waals surface area contributed by atoms with Gasteiger partial charge in [0, 0.05) is 38.0 Å². The molecule has 3 aliphatic rings. The van der Waals surface area contributed by atoms with Gasteiger partial charge in [-0.25, -0.2) is 0 Å². The lowest BCUT2D eigenvalue weighted by atomic mass is 9.70. The van der Waals surface area contributed by atoms with Crippen molar-refractivity contribution < 1.29 is 14.7 Å². The number of nitrogens with zero attached hydrogens (tertiary/aromatic N) is 2. The second-order valence-corrected chi connectivity index (χ2v) is 10.0. The molecule has 3 heterocycles. The van der Waals surface area contributed by atoms with Crippen LogP contribution in [0.4, 0.5) is 0 Å². The summed E-state index contributed by atoms with van der Waals surface area (Å²) in [4.78, 5) is 30.3. The van der Waals surface area contributed by atoms with Crippen LogP contribution in [0.3, 0.4) is 0 Å². The predicted octanol–water partition coefficient (Wildman–Crippen LogP) is 3.99. The van der Waals surface area contributed by atoms with Gasteiger partial charge in [-0.15, -0.1) is 0 Å². The number of aromatic hydroxyl groups is 1. The van der Waals surface area contributed by atoms with Gasteiger partial charge in [-0.1, -0.05) is 26.0 Å². The Morgan fingerprint density at radius 2 is 1.90 bits per heavy atom. The third-order valence-electron chi connectivity index (χ3n) is 7.45. The van der Waals surface area contributed by atoms with Crippen molar-refractivity contribution in [3.8, 4) is 5.75 Å². The molecular weight excluding hydrogens is 376 g/mol. The van der Waals surface area contributed by atoms with E-state index in [0.717, 1.165) is 44.3 Å². The molecule has 1 aromatic rings. The van der Waals surface area contributed by atoms with Crippen LogP contribution < -0.4 is 0 Å². The molecule has 5 heteroatoms. The molecule has 4 rings (SSSR count). The molecule has 164 valence electrons. The van der Waals surface area contributed by atoms with Crippen LogP contribution in [0.2, 0.25) is 0 Å². The van der Waals surface area contributed by atoms with Crippen LogP contribution in [0, 0.1) is 17.8 Å². The molecule has 5 nitrogen and oxygen atoms in total. The molecule has 0 spiro atoms. The minimum absolute atomic E-state index is 0.232. The average Bonchev–Trinajstić information content (AvgIpc) is 2.73. The van der Waals surface area contributed by atoms with Crippen LogP contribution in [0.5, 0.6) is 5.75 Å². The first-order valence-corrected chi connectivity index (χ1v) is 11.8. The number of likely N-dealkylation sites (tertiary alicyclic amines) is 1. The zero-order valence-corrected chi connectivity index (χ0v) is 18.4. The molecule has 2 bridgehead atoms. The van der Waals surface area contributed by atoms with Crippen molar-refractivity contribution in [3.63, 3.8) is 0 Å². The smallest absolute Gasteiger partial charge is 0.223 e. The number of phenols is 1. The summed E-state index contributed by atoms with van der Waals surface area (Å²) in [5.41, 5.74) is 1.08. The SMILES string of the molecule is CC(C)CC[C@H]1[C@H]2C[C@H](CN(C(=O)CCc3ccc(O)cc3)C2)[C@@H]2CCCC(=O)N21. The maximum absolute atomic E-state index is 13.1. The van der Waals surface area contributed by atoms with E-state index in [2.05, 4.69) is 23.6 Å². The van der Waals surface area contributed by atoms with E-state index in [1.165, 1.54) is 6.42 Å². The highest BCUT2D eigenvalue weighted by atomic mass is 16.3. The van der Waals surface area contributed by atoms with Gasteiger partial charge in [0.2, 0.25) is 11.8 Å². The first-order chi connectivity index (χ1) is 14.4. The molecule has 0 saturated carbocycles. The van der Waals surface area contributed by atoms with Gasteiger partial charge in [0.1, 0.15) is 5.75 Å². The van der Waals surface area contributed by atoms with Gasteiger partial charge in [-0.3, -0.25) is 9.59 Å². The van der Waals surface area contributed by atoms with Crippen molar-refractivity contribution in [1.29, 1.82) is 0 Å². The van der Waals surface area contributed by atoms with Crippen LogP contribution in [0.25, 0.3) is 0 Å². The average molecular weight is 413 g/mol. The van der Waals surface area contributed by atoms with Gasteiger partial charge in [0.05, 0.1) is 0 Å². The maximum atomic E-state index is 13.1. The van der Waals surface area contributed by atoms with E-state index < -0.39 is 0 Å².